The van der Waals surface area contributed by atoms with Crippen LogP contribution in [0, 0.1) is 0 Å². The van der Waals surface area contributed by atoms with Crippen LogP contribution in [0.4, 0.5) is 19.0 Å². The van der Waals surface area contributed by atoms with Crippen LogP contribution in [-0.4, -0.2) is 38.8 Å². The Morgan fingerprint density at radius 2 is 1.83 bits per heavy atom. The lowest BCUT2D eigenvalue weighted by molar-refractivity contribution is -0.137. The summed E-state index contributed by atoms with van der Waals surface area (Å²) in [6.07, 6.45) is 1.57. The second-order valence-electron chi connectivity index (χ2n) is 7.75. The average molecular weight is 481 g/mol. The number of halogens is 3. The number of aromatic nitrogens is 4. The van der Waals surface area contributed by atoms with E-state index in [0.29, 0.717) is 22.9 Å². The Morgan fingerprint density at radius 3 is 2.60 bits per heavy atom. The van der Waals surface area contributed by atoms with Crippen molar-refractivity contribution in [3.63, 3.8) is 0 Å². The van der Waals surface area contributed by atoms with Crippen molar-refractivity contribution < 1.29 is 27.4 Å². The standard InChI is InChI=1S/C24H18F3N5O3/c1-31-14-15(13-30-31)20-12-18(5-7-28-20)35-17-2-3-21-19(11-17)23(33)32(8-9-34-21)22-10-16(4-6-29-22)24(25,26)27/h2-7,10-14H,8-9H2,1H3. The molecule has 0 fully saturated rings. The average Bonchev–Trinajstić information content (AvgIpc) is 3.21. The van der Waals surface area contributed by atoms with Crippen molar-refractivity contribution in [2.24, 2.45) is 7.05 Å². The largest absolute Gasteiger partial charge is 0.491 e. The fraction of sp³-hybridized carbons (Fsp3) is 0.167. The van der Waals surface area contributed by atoms with E-state index in [4.69, 9.17) is 9.47 Å². The highest BCUT2D eigenvalue weighted by molar-refractivity contribution is 6.08. The number of hydrogen-bond donors (Lipinski definition) is 0. The Bertz CT molecular complexity index is 1400. The number of nitrogens with zero attached hydrogens (tertiary/aromatic N) is 5. The molecule has 1 amide bonds. The molecule has 3 aromatic heterocycles. The number of fused-ring (bicyclic) bond motifs is 1. The van der Waals surface area contributed by atoms with Gasteiger partial charge in [-0.15, -0.1) is 0 Å². The summed E-state index contributed by atoms with van der Waals surface area (Å²) in [5.74, 6) is 0.492. The minimum absolute atomic E-state index is 0.0385. The normalized spacial score (nSPS) is 13.7. The number of benzene rings is 1. The number of pyridine rings is 2. The molecule has 0 saturated heterocycles. The summed E-state index contributed by atoms with van der Waals surface area (Å²) in [5.41, 5.74) is 0.736. The maximum Gasteiger partial charge on any atom is 0.416 e. The van der Waals surface area contributed by atoms with Crippen molar-refractivity contribution >= 4 is 11.7 Å². The first-order valence-corrected chi connectivity index (χ1v) is 10.5. The molecule has 4 heterocycles. The SMILES string of the molecule is Cn1cc(-c2cc(Oc3ccc4c(c3)C(=O)N(c3cc(C(F)(F)F)ccn3)CCO4)ccn2)cn1. The van der Waals surface area contributed by atoms with Crippen LogP contribution >= 0.6 is 0 Å². The highest BCUT2D eigenvalue weighted by Gasteiger charge is 2.33. The highest BCUT2D eigenvalue weighted by atomic mass is 19.4. The second kappa shape index (κ2) is 8.75. The summed E-state index contributed by atoms with van der Waals surface area (Å²) < 4.78 is 52.8. The molecule has 0 saturated carbocycles. The molecule has 0 unspecified atom stereocenters. The number of rotatable bonds is 4. The predicted molar refractivity (Wildman–Crippen MR) is 119 cm³/mol. The molecule has 4 aromatic rings. The lowest BCUT2D eigenvalue weighted by atomic mass is 10.1. The van der Waals surface area contributed by atoms with Crippen molar-refractivity contribution in [1.29, 1.82) is 0 Å². The summed E-state index contributed by atoms with van der Waals surface area (Å²) in [6, 6.07) is 9.84. The fourth-order valence-electron chi connectivity index (χ4n) is 3.64. The molecule has 0 radical (unpaired) electrons. The Kier molecular flexibility index (Phi) is 5.59. The monoisotopic (exact) mass is 481 g/mol. The topological polar surface area (TPSA) is 82.4 Å². The van der Waals surface area contributed by atoms with Gasteiger partial charge in [-0.25, -0.2) is 4.98 Å². The Morgan fingerprint density at radius 1 is 1.03 bits per heavy atom. The Hall–Kier alpha value is -4.41. The lowest BCUT2D eigenvalue weighted by Crippen LogP contribution is -2.33. The minimum Gasteiger partial charge on any atom is -0.491 e. The molecule has 5 rings (SSSR count). The van der Waals surface area contributed by atoms with Crippen LogP contribution in [0.5, 0.6) is 17.2 Å². The predicted octanol–water partition coefficient (Wildman–Crippen LogP) is 4.73. The van der Waals surface area contributed by atoms with Gasteiger partial charge in [-0.2, -0.15) is 18.3 Å². The number of aryl methyl sites for hydroxylation is 1. The van der Waals surface area contributed by atoms with E-state index in [2.05, 4.69) is 15.1 Å². The quantitative estimate of drug-likeness (QED) is 0.419. The molecule has 1 aliphatic rings. The third kappa shape index (κ3) is 4.65. The number of hydrogen-bond acceptors (Lipinski definition) is 6. The first-order valence-electron chi connectivity index (χ1n) is 10.5. The van der Waals surface area contributed by atoms with E-state index in [1.165, 1.54) is 6.07 Å². The molecular weight excluding hydrogens is 463 g/mol. The second-order valence-corrected chi connectivity index (χ2v) is 7.75. The van der Waals surface area contributed by atoms with Crippen LogP contribution in [0.15, 0.2) is 67.3 Å². The minimum atomic E-state index is -4.55. The zero-order valence-electron chi connectivity index (χ0n) is 18.4. The van der Waals surface area contributed by atoms with Gasteiger partial charge in [-0.05, 0) is 36.4 Å². The molecule has 8 nitrogen and oxygen atoms in total. The van der Waals surface area contributed by atoms with Crippen LogP contribution in [0.2, 0.25) is 0 Å². The van der Waals surface area contributed by atoms with Gasteiger partial charge in [0.05, 0.1) is 29.6 Å². The molecular formula is C24H18F3N5O3. The van der Waals surface area contributed by atoms with Gasteiger partial charge < -0.3 is 9.47 Å². The summed E-state index contributed by atoms with van der Waals surface area (Å²) >= 11 is 0. The Balaban J connectivity index is 1.43. The molecule has 0 spiro atoms. The van der Waals surface area contributed by atoms with E-state index in [0.717, 1.165) is 28.8 Å². The van der Waals surface area contributed by atoms with Crippen LogP contribution in [0.3, 0.4) is 0 Å². The van der Waals surface area contributed by atoms with Gasteiger partial charge in [-0.1, -0.05) is 0 Å². The van der Waals surface area contributed by atoms with Crippen molar-refractivity contribution in [3.05, 3.63) is 78.4 Å². The van der Waals surface area contributed by atoms with E-state index in [1.54, 1.807) is 48.4 Å². The zero-order valence-corrected chi connectivity index (χ0v) is 18.4. The van der Waals surface area contributed by atoms with Crippen LogP contribution in [0.25, 0.3) is 11.3 Å². The molecule has 1 aromatic carbocycles. The summed E-state index contributed by atoms with van der Waals surface area (Å²) in [7, 11) is 1.80. The van der Waals surface area contributed by atoms with E-state index in [-0.39, 0.29) is 24.5 Å². The lowest BCUT2D eigenvalue weighted by Gasteiger charge is -2.20. The smallest absolute Gasteiger partial charge is 0.416 e. The van der Waals surface area contributed by atoms with Gasteiger partial charge in [0.2, 0.25) is 0 Å². The fourth-order valence-corrected chi connectivity index (χ4v) is 3.64. The van der Waals surface area contributed by atoms with Gasteiger partial charge in [0.1, 0.15) is 29.7 Å². The first-order chi connectivity index (χ1) is 16.8. The first kappa shape index (κ1) is 22.4. The van der Waals surface area contributed by atoms with Crippen molar-refractivity contribution in [1.82, 2.24) is 19.7 Å². The van der Waals surface area contributed by atoms with Crippen LogP contribution in [-0.2, 0) is 13.2 Å². The van der Waals surface area contributed by atoms with Crippen molar-refractivity contribution in [3.8, 4) is 28.5 Å². The van der Waals surface area contributed by atoms with Crippen molar-refractivity contribution in [2.45, 2.75) is 6.18 Å². The van der Waals surface area contributed by atoms with Crippen LogP contribution < -0.4 is 14.4 Å². The van der Waals surface area contributed by atoms with Gasteiger partial charge in [-0.3, -0.25) is 19.4 Å². The van der Waals surface area contributed by atoms with Gasteiger partial charge in [0.15, 0.2) is 0 Å². The van der Waals surface area contributed by atoms with E-state index < -0.39 is 17.6 Å². The third-order valence-corrected chi connectivity index (χ3v) is 5.32. The molecule has 0 N–H and O–H groups in total. The Labute approximate surface area is 197 Å². The number of carbonyl (C=O) groups is 1. The van der Waals surface area contributed by atoms with Gasteiger partial charge >= 0.3 is 6.18 Å². The number of carbonyl (C=O) groups excluding carboxylic acids is 1. The molecule has 35 heavy (non-hydrogen) atoms. The molecule has 0 aliphatic carbocycles. The van der Waals surface area contributed by atoms with E-state index >= 15 is 0 Å². The number of amides is 1. The van der Waals surface area contributed by atoms with Crippen molar-refractivity contribution in [2.75, 3.05) is 18.1 Å². The summed E-state index contributed by atoms with van der Waals surface area (Å²) in [6.45, 7) is 0.131. The number of alkyl halides is 3. The maximum absolute atomic E-state index is 13.3. The van der Waals surface area contributed by atoms with E-state index in [1.807, 2.05) is 6.20 Å². The number of anilines is 1. The van der Waals surface area contributed by atoms with E-state index in [9.17, 15) is 18.0 Å². The van der Waals surface area contributed by atoms with Gasteiger partial charge in [0.25, 0.3) is 5.91 Å². The van der Waals surface area contributed by atoms with Crippen LogP contribution in [0.1, 0.15) is 15.9 Å². The third-order valence-electron chi connectivity index (χ3n) is 5.32. The van der Waals surface area contributed by atoms with Gasteiger partial charge in [0, 0.05) is 37.3 Å². The molecule has 11 heteroatoms. The molecule has 1 aliphatic heterocycles. The number of ether oxygens (including phenoxy) is 2. The summed E-state index contributed by atoms with van der Waals surface area (Å²) in [5, 5.41) is 4.14. The maximum atomic E-state index is 13.3. The summed E-state index contributed by atoms with van der Waals surface area (Å²) in [4.78, 5) is 22.8. The molecule has 0 atom stereocenters. The highest BCUT2D eigenvalue weighted by Crippen LogP contribution is 2.34. The molecule has 0 bridgehead atoms. The zero-order chi connectivity index (χ0) is 24.6. The molecule has 178 valence electrons.